The van der Waals surface area contributed by atoms with Crippen molar-refractivity contribution in [2.24, 2.45) is 11.7 Å². The molecule has 104 valence electrons. The highest BCUT2D eigenvalue weighted by atomic mass is 16.5. The van der Waals surface area contributed by atoms with Crippen molar-refractivity contribution in [3.05, 3.63) is 0 Å². The summed E-state index contributed by atoms with van der Waals surface area (Å²) in [7, 11) is 0. The smallest absolute Gasteiger partial charge is 0.0484 e. The molecule has 3 heteroatoms. The highest BCUT2D eigenvalue weighted by Gasteiger charge is 2.45. The number of nitrogens with zero attached hydrogens (tertiary/aromatic N) is 1. The van der Waals surface area contributed by atoms with Crippen molar-refractivity contribution in [1.82, 2.24) is 4.90 Å². The summed E-state index contributed by atoms with van der Waals surface area (Å²) in [6.45, 7) is 3.91. The minimum absolute atomic E-state index is 0.266. The van der Waals surface area contributed by atoms with Gasteiger partial charge in [-0.15, -0.1) is 0 Å². The molecule has 0 aromatic carbocycles. The van der Waals surface area contributed by atoms with E-state index in [9.17, 15) is 0 Å². The molecule has 2 aliphatic heterocycles. The van der Waals surface area contributed by atoms with Crippen LogP contribution in [0.3, 0.4) is 0 Å². The van der Waals surface area contributed by atoms with Crippen molar-refractivity contribution in [2.75, 3.05) is 26.3 Å². The van der Waals surface area contributed by atoms with Crippen LogP contribution in [0.4, 0.5) is 0 Å². The molecule has 1 atom stereocenters. The minimum Gasteiger partial charge on any atom is -0.381 e. The fourth-order valence-corrected chi connectivity index (χ4v) is 4.57. The van der Waals surface area contributed by atoms with E-state index < -0.39 is 0 Å². The Morgan fingerprint density at radius 1 is 1.06 bits per heavy atom. The summed E-state index contributed by atoms with van der Waals surface area (Å²) >= 11 is 0. The molecule has 1 unspecified atom stereocenters. The number of likely N-dealkylation sites (tertiary alicyclic amines) is 1. The van der Waals surface area contributed by atoms with Gasteiger partial charge >= 0.3 is 0 Å². The van der Waals surface area contributed by atoms with Gasteiger partial charge in [-0.25, -0.2) is 0 Å². The van der Waals surface area contributed by atoms with Crippen molar-refractivity contribution in [3.8, 4) is 0 Å². The Labute approximate surface area is 111 Å². The summed E-state index contributed by atoms with van der Waals surface area (Å²) < 4.78 is 5.56. The summed E-state index contributed by atoms with van der Waals surface area (Å²) in [5.41, 5.74) is 6.45. The molecule has 0 amide bonds. The van der Waals surface area contributed by atoms with E-state index in [0.29, 0.717) is 0 Å². The van der Waals surface area contributed by atoms with Crippen molar-refractivity contribution in [3.63, 3.8) is 0 Å². The van der Waals surface area contributed by atoms with Gasteiger partial charge in [-0.2, -0.15) is 0 Å². The van der Waals surface area contributed by atoms with E-state index in [4.69, 9.17) is 10.5 Å². The monoisotopic (exact) mass is 252 g/mol. The lowest BCUT2D eigenvalue weighted by molar-refractivity contribution is -0.0390. The molecular formula is C15H28N2O. The molecule has 18 heavy (non-hydrogen) atoms. The first-order chi connectivity index (χ1) is 8.86. The summed E-state index contributed by atoms with van der Waals surface area (Å²) in [6, 6.07) is 0.828. The molecule has 0 aromatic heterocycles. The lowest BCUT2D eigenvalue weighted by atomic mass is 9.85. The van der Waals surface area contributed by atoms with Gasteiger partial charge in [0.15, 0.2) is 0 Å². The molecule has 3 rings (SSSR count). The zero-order valence-corrected chi connectivity index (χ0v) is 11.6. The molecule has 3 nitrogen and oxygen atoms in total. The lowest BCUT2D eigenvalue weighted by Crippen LogP contribution is -2.59. The number of hydrogen-bond acceptors (Lipinski definition) is 3. The predicted octanol–water partition coefficient (Wildman–Crippen LogP) is 2.15. The largest absolute Gasteiger partial charge is 0.381 e. The van der Waals surface area contributed by atoms with Crippen LogP contribution in [0.15, 0.2) is 0 Å². The van der Waals surface area contributed by atoms with E-state index >= 15 is 0 Å². The number of nitrogens with two attached hydrogens (primary N) is 1. The van der Waals surface area contributed by atoms with Crippen LogP contribution in [-0.4, -0.2) is 42.8 Å². The molecule has 1 saturated carbocycles. The molecule has 2 saturated heterocycles. The van der Waals surface area contributed by atoms with E-state index in [-0.39, 0.29) is 5.54 Å². The van der Waals surface area contributed by atoms with Crippen molar-refractivity contribution >= 4 is 0 Å². The zero-order valence-electron chi connectivity index (χ0n) is 11.6. The summed E-state index contributed by atoms with van der Waals surface area (Å²) in [5.74, 6) is 0.957. The van der Waals surface area contributed by atoms with Crippen LogP contribution in [-0.2, 0) is 4.74 Å². The zero-order chi connectivity index (χ0) is 12.4. The van der Waals surface area contributed by atoms with E-state index in [2.05, 4.69) is 4.90 Å². The highest BCUT2D eigenvalue weighted by molar-refractivity contribution is 5.01. The first-order valence-corrected chi connectivity index (χ1v) is 7.90. The SMILES string of the molecule is NCC1(N2CCCC2C2CCCC2)CCOCC1. The van der Waals surface area contributed by atoms with Crippen LogP contribution in [0.5, 0.6) is 0 Å². The van der Waals surface area contributed by atoms with Gasteiger partial charge in [0.2, 0.25) is 0 Å². The van der Waals surface area contributed by atoms with Crippen LogP contribution in [0.25, 0.3) is 0 Å². The van der Waals surface area contributed by atoms with Gasteiger partial charge in [0.25, 0.3) is 0 Å². The predicted molar refractivity (Wildman–Crippen MR) is 73.5 cm³/mol. The minimum atomic E-state index is 0.266. The normalized spacial score (nSPS) is 34.2. The summed E-state index contributed by atoms with van der Waals surface area (Å²) in [6.07, 6.45) is 10.9. The third-order valence-corrected chi connectivity index (χ3v) is 5.66. The topological polar surface area (TPSA) is 38.5 Å². The molecular weight excluding hydrogens is 224 g/mol. The van der Waals surface area contributed by atoms with Crippen LogP contribution in [0.2, 0.25) is 0 Å². The number of hydrogen-bond donors (Lipinski definition) is 1. The maximum Gasteiger partial charge on any atom is 0.0484 e. The quantitative estimate of drug-likeness (QED) is 0.836. The first kappa shape index (κ1) is 12.9. The third kappa shape index (κ3) is 2.21. The molecule has 2 N–H and O–H groups in total. The Balaban J connectivity index is 1.75. The number of rotatable bonds is 3. The second-order valence-electron chi connectivity index (χ2n) is 6.49. The molecule has 3 fully saturated rings. The Morgan fingerprint density at radius 3 is 2.44 bits per heavy atom. The third-order valence-electron chi connectivity index (χ3n) is 5.66. The summed E-state index contributed by atoms with van der Waals surface area (Å²) in [4.78, 5) is 2.81. The van der Waals surface area contributed by atoms with Gasteiger partial charge in [-0.05, 0) is 51.0 Å². The van der Waals surface area contributed by atoms with Gasteiger partial charge in [0, 0.05) is 31.3 Å². The Kier molecular flexibility index (Phi) is 3.92. The lowest BCUT2D eigenvalue weighted by Gasteiger charge is -2.48. The molecule has 0 spiro atoms. The average molecular weight is 252 g/mol. The van der Waals surface area contributed by atoms with Gasteiger partial charge in [-0.3, -0.25) is 4.90 Å². The maximum absolute atomic E-state index is 6.18. The standard InChI is InChI=1S/C15H28N2O/c16-12-15(7-10-18-11-8-15)17-9-3-6-14(17)13-4-1-2-5-13/h13-14H,1-12,16H2. The Bertz CT molecular complexity index is 270. The molecule has 2 heterocycles. The molecule has 0 radical (unpaired) electrons. The summed E-state index contributed by atoms with van der Waals surface area (Å²) in [5, 5.41) is 0. The van der Waals surface area contributed by atoms with Gasteiger partial charge < -0.3 is 10.5 Å². The van der Waals surface area contributed by atoms with Gasteiger partial charge in [-0.1, -0.05) is 12.8 Å². The Morgan fingerprint density at radius 2 is 1.78 bits per heavy atom. The fraction of sp³-hybridized carbons (Fsp3) is 1.00. The molecule has 0 bridgehead atoms. The van der Waals surface area contributed by atoms with E-state index in [0.717, 1.165) is 44.6 Å². The van der Waals surface area contributed by atoms with Crippen molar-refractivity contribution < 1.29 is 4.74 Å². The second kappa shape index (κ2) is 5.48. The van der Waals surface area contributed by atoms with Gasteiger partial charge in [0.05, 0.1) is 0 Å². The van der Waals surface area contributed by atoms with Crippen LogP contribution < -0.4 is 5.73 Å². The average Bonchev–Trinajstić information content (AvgIpc) is 3.10. The number of ether oxygens (including phenoxy) is 1. The van der Waals surface area contributed by atoms with Crippen molar-refractivity contribution in [1.29, 1.82) is 0 Å². The maximum atomic E-state index is 6.18. The van der Waals surface area contributed by atoms with E-state index in [1.807, 2.05) is 0 Å². The van der Waals surface area contributed by atoms with Crippen LogP contribution >= 0.6 is 0 Å². The molecule has 0 aromatic rings. The van der Waals surface area contributed by atoms with Crippen LogP contribution in [0.1, 0.15) is 51.4 Å². The van der Waals surface area contributed by atoms with Gasteiger partial charge in [0.1, 0.15) is 0 Å². The fourth-order valence-electron chi connectivity index (χ4n) is 4.57. The van der Waals surface area contributed by atoms with E-state index in [1.165, 1.54) is 45.1 Å². The molecule has 3 aliphatic rings. The van der Waals surface area contributed by atoms with E-state index in [1.54, 1.807) is 0 Å². The second-order valence-corrected chi connectivity index (χ2v) is 6.49. The Hall–Kier alpha value is -0.120. The molecule has 1 aliphatic carbocycles. The van der Waals surface area contributed by atoms with Crippen molar-refractivity contribution in [2.45, 2.75) is 62.9 Å². The highest BCUT2D eigenvalue weighted by Crippen LogP contribution is 2.41. The first-order valence-electron chi connectivity index (χ1n) is 7.90. The van der Waals surface area contributed by atoms with Crippen LogP contribution in [0, 0.1) is 5.92 Å².